The SMILES string of the molecule is CCCOc1cc(OCCCC(OC(=O)C(F)(F)F)[N+](C)(C)C)cc(Oc2cc3c(cc2NS(=O)(=O)c2ccc(OC)c(OC)c2)n(C)c(=O)n3C)c1. The molecule has 0 aliphatic rings. The summed E-state index contributed by atoms with van der Waals surface area (Å²) in [7, 11) is 6.51. The molecule has 18 heteroatoms. The number of sulfonamides is 1. The first-order valence-corrected chi connectivity index (χ1v) is 17.9. The molecule has 4 aromatic rings. The molecule has 0 saturated heterocycles. The maximum Gasteiger partial charge on any atom is 0.491 e. The fraction of sp³-hybridized carbons (Fsp3) is 0.429. The number of hydrogen-bond donors (Lipinski definition) is 1. The van der Waals surface area contributed by atoms with Gasteiger partial charge in [0.25, 0.3) is 10.0 Å². The van der Waals surface area contributed by atoms with E-state index in [-0.39, 0.29) is 63.2 Å². The smallest absolute Gasteiger partial charge is 0.491 e. The molecule has 0 amide bonds. The van der Waals surface area contributed by atoms with E-state index in [1.54, 1.807) is 47.4 Å². The summed E-state index contributed by atoms with van der Waals surface area (Å²) in [4.78, 5) is 24.2. The first kappa shape index (κ1) is 40.7. The number of benzene rings is 3. The maximum atomic E-state index is 13.7. The number of hydrogen-bond acceptors (Lipinski definition) is 10. The predicted molar refractivity (Wildman–Crippen MR) is 190 cm³/mol. The number of aryl methyl sites for hydroxylation is 2. The van der Waals surface area contributed by atoms with Gasteiger partial charge in [0, 0.05) is 50.8 Å². The Balaban J connectivity index is 1.67. The summed E-state index contributed by atoms with van der Waals surface area (Å²) in [5, 5.41) is 0. The van der Waals surface area contributed by atoms with Crippen LogP contribution in [0.4, 0.5) is 18.9 Å². The molecule has 0 aliphatic heterocycles. The average Bonchev–Trinajstić information content (AvgIpc) is 3.29. The van der Waals surface area contributed by atoms with Crippen LogP contribution in [0, 0.1) is 0 Å². The Bertz CT molecular complexity index is 2110. The molecule has 4 rings (SSSR count). The van der Waals surface area contributed by atoms with Gasteiger partial charge in [-0.05, 0) is 31.0 Å². The van der Waals surface area contributed by atoms with Crippen LogP contribution in [0.5, 0.6) is 34.5 Å². The third-order valence-electron chi connectivity index (χ3n) is 8.04. The van der Waals surface area contributed by atoms with Gasteiger partial charge in [-0.3, -0.25) is 18.3 Å². The standard InChI is InChI=1S/C35H44F3N4O10S/c1-9-14-49-22-16-23(50-15-10-11-32(42(4,5)6)52-33(43)35(36,37)38)18-24(17-22)51-30-21-28-27(40(2)34(44)41(28)3)20-26(30)39-53(45,46)25-12-13-29(47-7)31(19-25)48-8/h12-13,16-21,32,39H,9-11,14-15H2,1-8H3/q+1. The van der Waals surface area contributed by atoms with Crippen LogP contribution in [-0.2, 0) is 33.7 Å². The molecule has 0 aliphatic carbocycles. The molecular weight excluding hydrogens is 725 g/mol. The molecule has 290 valence electrons. The maximum absolute atomic E-state index is 13.7. The van der Waals surface area contributed by atoms with Crippen LogP contribution in [-0.4, -0.2) is 89.0 Å². The normalized spacial score (nSPS) is 12.7. The van der Waals surface area contributed by atoms with Crippen LogP contribution in [0.2, 0.25) is 0 Å². The molecule has 53 heavy (non-hydrogen) atoms. The zero-order chi connectivity index (χ0) is 39.3. The highest BCUT2D eigenvalue weighted by Crippen LogP contribution is 2.38. The van der Waals surface area contributed by atoms with E-state index in [0.717, 1.165) is 0 Å². The first-order chi connectivity index (χ1) is 24.8. The van der Waals surface area contributed by atoms with Gasteiger partial charge in [0.05, 0.1) is 70.2 Å². The van der Waals surface area contributed by atoms with Gasteiger partial charge in [-0.25, -0.2) is 18.0 Å². The molecule has 0 saturated carbocycles. The summed E-state index contributed by atoms with van der Waals surface area (Å²) < 4.78 is 105. The Kier molecular flexibility index (Phi) is 12.5. The van der Waals surface area contributed by atoms with Crippen molar-refractivity contribution in [2.45, 2.75) is 43.5 Å². The highest BCUT2D eigenvalue weighted by atomic mass is 32.2. The molecule has 1 atom stereocenters. The second-order valence-corrected chi connectivity index (χ2v) is 14.6. The number of imidazole rings is 1. The number of rotatable bonds is 17. The lowest BCUT2D eigenvalue weighted by atomic mass is 10.2. The van der Waals surface area contributed by atoms with Gasteiger partial charge >= 0.3 is 17.8 Å². The van der Waals surface area contributed by atoms with Crippen LogP contribution >= 0.6 is 0 Å². The number of anilines is 1. The van der Waals surface area contributed by atoms with E-state index < -0.39 is 28.4 Å². The second-order valence-electron chi connectivity index (χ2n) is 12.9. The topological polar surface area (TPSA) is 146 Å². The molecule has 1 aromatic heterocycles. The number of fused-ring (bicyclic) bond motifs is 1. The highest BCUT2D eigenvalue weighted by molar-refractivity contribution is 7.92. The minimum Gasteiger partial charge on any atom is -0.493 e. The van der Waals surface area contributed by atoms with E-state index >= 15 is 0 Å². The van der Waals surface area contributed by atoms with Crippen molar-refractivity contribution >= 4 is 32.7 Å². The third kappa shape index (κ3) is 9.87. The lowest BCUT2D eigenvalue weighted by molar-refractivity contribution is -0.917. The van der Waals surface area contributed by atoms with Crippen molar-refractivity contribution in [3.63, 3.8) is 0 Å². The van der Waals surface area contributed by atoms with Crippen molar-refractivity contribution in [3.05, 3.63) is 59.0 Å². The lowest BCUT2D eigenvalue weighted by Gasteiger charge is -2.33. The van der Waals surface area contributed by atoms with Gasteiger partial charge in [0.2, 0.25) is 6.23 Å². The number of alkyl halides is 3. The zero-order valence-corrected chi connectivity index (χ0v) is 31.5. The molecule has 1 N–H and O–H groups in total. The van der Waals surface area contributed by atoms with E-state index in [4.69, 9.17) is 28.4 Å². The number of nitrogens with one attached hydrogen (secondary N) is 1. The number of carbonyl (C=O) groups excluding carboxylic acids is 1. The van der Waals surface area contributed by atoms with Crippen LogP contribution in [0.15, 0.2) is 58.2 Å². The Morgan fingerprint density at radius 1 is 0.849 bits per heavy atom. The average molecular weight is 770 g/mol. The van der Waals surface area contributed by atoms with E-state index in [9.17, 15) is 31.2 Å². The van der Waals surface area contributed by atoms with E-state index in [0.29, 0.717) is 35.6 Å². The number of quaternary nitrogens is 1. The van der Waals surface area contributed by atoms with Gasteiger partial charge in [-0.1, -0.05) is 6.92 Å². The van der Waals surface area contributed by atoms with Gasteiger partial charge in [0.15, 0.2) is 17.2 Å². The second kappa shape index (κ2) is 16.3. The summed E-state index contributed by atoms with van der Waals surface area (Å²) in [6.45, 7) is 2.31. The number of halogens is 3. The van der Waals surface area contributed by atoms with Gasteiger partial charge < -0.3 is 28.4 Å². The number of carbonyl (C=O) groups is 1. The number of nitrogens with zero attached hydrogens (tertiary/aromatic N) is 3. The number of ether oxygens (including phenoxy) is 6. The van der Waals surface area contributed by atoms with Gasteiger partial charge in [-0.2, -0.15) is 13.2 Å². The third-order valence-corrected chi connectivity index (χ3v) is 9.40. The lowest BCUT2D eigenvalue weighted by Crippen LogP contribution is -2.49. The molecule has 0 fully saturated rings. The Labute approximate surface area is 305 Å². The molecular formula is C35H44F3N4O10S+. The van der Waals surface area contributed by atoms with Crippen LogP contribution in [0.1, 0.15) is 26.2 Å². The predicted octanol–water partition coefficient (Wildman–Crippen LogP) is 5.57. The molecule has 3 aromatic carbocycles. The number of aromatic nitrogens is 2. The Morgan fingerprint density at radius 3 is 2.00 bits per heavy atom. The summed E-state index contributed by atoms with van der Waals surface area (Å²) in [5.74, 6) is -0.871. The van der Waals surface area contributed by atoms with Crippen molar-refractivity contribution in [2.24, 2.45) is 14.1 Å². The Hall–Kier alpha value is -5.10. The molecule has 14 nitrogen and oxygen atoms in total. The zero-order valence-electron chi connectivity index (χ0n) is 30.7. The van der Waals surface area contributed by atoms with Crippen LogP contribution < -0.4 is 34.1 Å². The van der Waals surface area contributed by atoms with E-state index in [2.05, 4.69) is 4.72 Å². The molecule has 0 bridgehead atoms. The molecule has 1 unspecified atom stereocenters. The fourth-order valence-electron chi connectivity index (χ4n) is 5.24. The summed E-state index contributed by atoms with van der Waals surface area (Å²) >= 11 is 0. The number of esters is 1. The summed E-state index contributed by atoms with van der Waals surface area (Å²) in [6.07, 6.45) is -5.23. The Morgan fingerprint density at radius 2 is 1.43 bits per heavy atom. The van der Waals surface area contributed by atoms with Crippen LogP contribution in [0.25, 0.3) is 11.0 Å². The minimum absolute atomic E-state index is 0.00980. The van der Waals surface area contributed by atoms with Crippen molar-refractivity contribution in [1.82, 2.24) is 9.13 Å². The van der Waals surface area contributed by atoms with Crippen molar-refractivity contribution in [2.75, 3.05) is 53.3 Å². The van der Waals surface area contributed by atoms with E-state index in [1.165, 1.54) is 59.8 Å². The van der Waals surface area contributed by atoms with Crippen molar-refractivity contribution in [1.29, 1.82) is 0 Å². The largest absolute Gasteiger partial charge is 0.493 e. The first-order valence-electron chi connectivity index (χ1n) is 16.4. The highest BCUT2D eigenvalue weighted by Gasteiger charge is 2.44. The molecule has 1 heterocycles. The van der Waals surface area contributed by atoms with E-state index in [1.807, 2.05) is 6.92 Å². The van der Waals surface area contributed by atoms with Crippen molar-refractivity contribution in [3.8, 4) is 34.5 Å². The number of methoxy groups -OCH3 is 2. The fourth-order valence-corrected chi connectivity index (χ4v) is 6.31. The monoisotopic (exact) mass is 769 g/mol. The van der Waals surface area contributed by atoms with Crippen molar-refractivity contribution < 1.29 is 59.3 Å². The van der Waals surface area contributed by atoms with Crippen LogP contribution in [0.3, 0.4) is 0 Å². The van der Waals surface area contributed by atoms with Gasteiger partial charge in [-0.15, -0.1) is 0 Å². The summed E-state index contributed by atoms with van der Waals surface area (Å²) in [5.41, 5.74) is 0.536. The molecule has 0 spiro atoms. The van der Waals surface area contributed by atoms with Gasteiger partial charge in [0.1, 0.15) is 17.2 Å². The summed E-state index contributed by atoms with van der Waals surface area (Å²) in [6, 6.07) is 11.8. The quantitative estimate of drug-likeness (QED) is 0.0626. The minimum atomic E-state index is -5.12. The molecule has 0 radical (unpaired) electrons.